The summed E-state index contributed by atoms with van der Waals surface area (Å²) in [6, 6.07) is 8.37. The standard InChI is InChI=1S/C16H16ClNO3/c1-10(2)18-14(6-4-11(9-19)16(18)20)13-8-12(17)5-7-15(13)21-3/h4-10H,1-3H3. The first kappa shape index (κ1) is 15.3. The van der Waals surface area contributed by atoms with Crippen molar-refractivity contribution in [3.63, 3.8) is 0 Å². The van der Waals surface area contributed by atoms with Gasteiger partial charge in [-0.05, 0) is 44.2 Å². The van der Waals surface area contributed by atoms with E-state index in [1.807, 2.05) is 13.8 Å². The topological polar surface area (TPSA) is 48.3 Å². The summed E-state index contributed by atoms with van der Waals surface area (Å²) in [6.07, 6.45) is 0.570. The average Bonchev–Trinajstić information content (AvgIpc) is 2.46. The number of rotatable bonds is 4. The molecule has 2 rings (SSSR count). The van der Waals surface area contributed by atoms with Crippen molar-refractivity contribution in [3.8, 4) is 17.0 Å². The van der Waals surface area contributed by atoms with Crippen LogP contribution in [0.15, 0.2) is 35.1 Å². The first-order valence-electron chi connectivity index (χ1n) is 6.54. The van der Waals surface area contributed by atoms with Crippen LogP contribution in [0.25, 0.3) is 11.3 Å². The Bertz CT molecular complexity index is 735. The van der Waals surface area contributed by atoms with Crippen LogP contribution < -0.4 is 10.3 Å². The number of aldehydes is 1. The Hall–Kier alpha value is -2.07. The quantitative estimate of drug-likeness (QED) is 0.811. The third-order valence-electron chi connectivity index (χ3n) is 3.23. The highest BCUT2D eigenvalue weighted by Crippen LogP contribution is 2.33. The molecule has 4 nitrogen and oxygen atoms in total. The number of carbonyl (C=O) groups is 1. The molecular formula is C16H16ClNO3. The van der Waals surface area contributed by atoms with E-state index < -0.39 is 0 Å². The number of nitrogens with zero attached hydrogens (tertiary/aromatic N) is 1. The molecule has 0 spiro atoms. The minimum Gasteiger partial charge on any atom is -0.496 e. The van der Waals surface area contributed by atoms with Gasteiger partial charge in [0.25, 0.3) is 5.56 Å². The molecule has 0 radical (unpaired) electrons. The van der Waals surface area contributed by atoms with Gasteiger partial charge in [0.05, 0.1) is 18.4 Å². The first-order valence-corrected chi connectivity index (χ1v) is 6.92. The van der Waals surface area contributed by atoms with Crippen molar-refractivity contribution < 1.29 is 9.53 Å². The molecule has 0 fully saturated rings. The van der Waals surface area contributed by atoms with Gasteiger partial charge in [-0.1, -0.05) is 11.6 Å². The molecule has 0 unspecified atom stereocenters. The van der Waals surface area contributed by atoms with Gasteiger partial charge in [0.1, 0.15) is 5.75 Å². The zero-order valence-corrected chi connectivity index (χ0v) is 12.8. The maximum Gasteiger partial charge on any atom is 0.261 e. The van der Waals surface area contributed by atoms with Crippen LogP contribution in [0.1, 0.15) is 30.2 Å². The number of aromatic nitrogens is 1. The van der Waals surface area contributed by atoms with E-state index in [0.29, 0.717) is 28.3 Å². The van der Waals surface area contributed by atoms with Crippen molar-refractivity contribution in [3.05, 3.63) is 51.3 Å². The molecule has 2 aromatic rings. The van der Waals surface area contributed by atoms with Crippen LogP contribution in [0.2, 0.25) is 5.02 Å². The van der Waals surface area contributed by atoms with Crippen LogP contribution in [0.5, 0.6) is 5.75 Å². The smallest absolute Gasteiger partial charge is 0.261 e. The van der Waals surface area contributed by atoms with Crippen LogP contribution >= 0.6 is 11.6 Å². The summed E-state index contributed by atoms with van der Waals surface area (Å²) in [5.41, 5.74) is 1.20. The molecular weight excluding hydrogens is 290 g/mol. The highest BCUT2D eigenvalue weighted by atomic mass is 35.5. The molecule has 0 N–H and O–H groups in total. The Morgan fingerprint density at radius 3 is 2.52 bits per heavy atom. The molecule has 1 aromatic heterocycles. The molecule has 0 amide bonds. The lowest BCUT2D eigenvalue weighted by Gasteiger charge is -2.19. The summed E-state index contributed by atoms with van der Waals surface area (Å²) in [6.45, 7) is 3.77. The first-order chi connectivity index (χ1) is 9.99. The fraction of sp³-hybridized carbons (Fsp3) is 0.250. The molecule has 0 aliphatic carbocycles. The van der Waals surface area contributed by atoms with Crippen molar-refractivity contribution in [2.24, 2.45) is 0 Å². The molecule has 1 aromatic carbocycles. The molecule has 0 atom stereocenters. The van der Waals surface area contributed by atoms with Gasteiger partial charge in [0.2, 0.25) is 0 Å². The fourth-order valence-corrected chi connectivity index (χ4v) is 2.44. The Balaban J connectivity index is 2.81. The average molecular weight is 306 g/mol. The summed E-state index contributed by atoms with van der Waals surface area (Å²) >= 11 is 6.05. The van der Waals surface area contributed by atoms with E-state index in [1.54, 1.807) is 35.9 Å². The third-order valence-corrected chi connectivity index (χ3v) is 3.46. The largest absolute Gasteiger partial charge is 0.496 e. The van der Waals surface area contributed by atoms with Crippen molar-refractivity contribution in [2.45, 2.75) is 19.9 Å². The minimum absolute atomic E-state index is 0.101. The number of methoxy groups -OCH3 is 1. The second kappa shape index (κ2) is 6.14. The molecule has 0 saturated heterocycles. The minimum atomic E-state index is -0.320. The number of pyridine rings is 1. The van der Waals surface area contributed by atoms with Gasteiger partial charge in [0, 0.05) is 16.6 Å². The molecule has 0 aliphatic rings. The van der Waals surface area contributed by atoms with Crippen molar-refractivity contribution >= 4 is 17.9 Å². The van der Waals surface area contributed by atoms with Gasteiger partial charge in [-0.2, -0.15) is 0 Å². The van der Waals surface area contributed by atoms with Gasteiger partial charge >= 0.3 is 0 Å². The van der Waals surface area contributed by atoms with E-state index in [2.05, 4.69) is 0 Å². The zero-order chi connectivity index (χ0) is 15.6. The number of hydrogen-bond acceptors (Lipinski definition) is 3. The molecule has 110 valence electrons. The second-order valence-electron chi connectivity index (χ2n) is 4.91. The van der Waals surface area contributed by atoms with E-state index in [-0.39, 0.29) is 17.2 Å². The summed E-state index contributed by atoms with van der Waals surface area (Å²) in [5.74, 6) is 0.618. The van der Waals surface area contributed by atoms with Gasteiger partial charge < -0.3 is 9.30 Å². The Morgan fingerprint density at radius 1 is 1.24 bits per heavy atom. The molecule has 5 heteroatoms. The number of hydrogen-bond donors (Lipinski definition) is 0. The lowest BCUT2D eigenvalue weighted by atomic mass is 10.1. The molecule has 0 bridgehead atoms. The maximum atomic E-state index is 12.4. The normalized spacial score (nSPS) is 10.7. The zero-order valence-electron chi connectivity index (χ0n) is 12.1. The molecule has 1 heterocycles. The van der Waals surface area contributed by atoms with Gasteiger partial charge in [-0.3, -0.25) is 9.59 Å². The third kappa shape index (κ3) is 2.85. The maximum absolute atomic E-state index is 12.4. The van der Waals surface area contributed by atoms with E-state index in [4.69, 9.17) is 16.3 Å². The SMILES string of the molecule is COc1ccc(Cl)cc1-c1ccc(C=O)c(=O)n1C(C)C. The van der Waals surface area contributed by atoms with Gasteiger partial charge in [0.15, 0.2) is 6.29 Å². The highest BCUT2D eigenvalue weighted by molar-refractivity contribution is 6.31. The fourth-order valence-electron chi connectivity index (χ4n) is 2.27. The van der Waals surface area contributed by atoms with Crippen molar-refractivity contribution in [1.82, 2.24) is 4.57 Å². The van der Waals surface area contributed by atoms with Gasteiger partial charge in [-0.25, -0.2) is 0 Å². The lowest BCUT2D eigenvalue weighted by molar-refractivity contribution is 0.112. The predicted molar refractivity (Wildman–Crippen MR) is 83.5 cm³/mol. The van der Waals surface area contributed by atoms with Crippen molar-refractivity contribution in [2.75, 3.05) is 7.11 Å². The highest BCUT2D eigenvalue weighted by Gasteiger charge is 2.16. The lowest BCUT2D eigenvalue weighted by Crippen LogP contribution is -2.26. The van der Waals surface area contributed by atoms with E-state index in [0.717, 1.165) is 0 Å². The van der Waals surface area contributed by atoms with Crippen molar-refractivity contribution in [1.29, 1.82) is 0 Å². The van der Waals surface area contributed by atoms with Crippen LogP contribution in [0.4, 0.5) is 0 Å². The predicted octanol–water partition coefficient (Wildman–Crippen LogP) is 3.57. The van der Waals surface area contributed by atoms with Crippen LogP contribution in [0, 0.1) is 0 Å². The monoisotopic (exact) mass is 305 g/mol. The van der Waals surface area contributed by atoms with Crippen LogP contribution in [0.3, 0.4) is 0 Å². The second-order valence-corrected chi connectivity index (χ2v) is 5.34. The van der Waals surface area contributed by atoms with E-state index in [1.165, 1.54) is 6.07 Å². The molecule has 21 heavy (non-hydrogen) atoms. The van der Waals surface area contributed by atoms with Gasteiger partial charge in [-0.15, -0.1) is 0 Å². The number of benzene rings is 1. The molecule has 0 aliphatic heterocycles. The summed E-state index contributed by atoms with van der Waals surface area (Å²) in [5, 5.41) is 0.549. The summed E-state index contributed by atoms with van der Waals surface area (Å²) in [4.78, 5) is 23.3. The van der Waals surface area contributed by atoms with E-state index in [9.17, 15) is 9.59 Å². The Morgan fingerprint density at radius 2 is 1.95 bits per heavy atom. The van der Waals surface area contributed by atoms with E-state index >= 15 is 0 Å². The molecule has 0 saturated carbocycles. The summed E-state index contributed by atoms with van der Waals surface area (Å²) in [7, 11) is 1.56. The number of ether oxygens (including phenoxy) is 1. The number of halogens is 1. The van der Waals surface area contributed by atoms with Crippen LogP contribution in [-0.4, -0.2) is 18.0 Å². The Labute approximate surface area is 127 Å². The Kier molecular flexibility index (Phi) is 4.48. The number of carbonyl (C=O) groups excluding carboxylic acids is 1. The summed E-state index contributed by atoms with van der Waals surface area (Å²) < 4.78 is 6.91. The van der Waals surface area contributed by atoms with Crippen LogP contribution in [-0.2, 0) is 0 Å².